The first-order valence-corrected chi connectivity index (χ1v) is 11.3. The minimum absolute atomic E-state index is 0.0511. The van der Waals surface area contributed by atoms with E-state index in [0.29, 0.717) is 34.7 Å². The zero-order valence-electron chi connectivity index (χ0n) is 19.8. The second-order valence-corrected chi connectivity index (χ2v) is 8.14. The number of methoxy groups -OCH3 is 1. The van der Waals surface area contributed by atoms with Gasteiger partial charge >= 0.3 is 5.97 Å². The van der Waals surface area contributed by atoms with Crippen molar-refractivity contribution in [2.45, 2.75) is 19.4 Å². The fourth-order valence-corrected chi connectivity index (χ4v) is 4.18. The van der Waals surface area contributed by atoms with Crippen molar-refractivity contribution in [3.63, 3.8) is 0 Å². The maximum Gasteiger partial charge on any atom is 0.309 e. The van der Waals surface area contributed by atoms with Gasteiger partial charge in [-0.05, 0) is 54.4 Å². The van der Waals surface area contributed by atoms with E-state index >= 15 is 0 Å². The molecule has 1 saturated heterocycles. The molecule has 4 rings (SSSR count). The van der Waals surface area contributed by atoms with Gasteiger partial charge in [0.05, 0.1) is 31.8 Å². The summed E-state index contributed by atoms with van der Waals surface area (Å²) in [6.45, 7) is 2.25. The number of Topliss-reactive ketones (excluding diaryl/α,β-unsaturated/α-hetero) is 1. The van der Waals surface area contributed by atoms with Crippen LogP contribution in [0.5, 0.6) is 11.5 Å². The molecule has 36 heavy (non-hydrogen) atoms. The molecular weight excluding hydrogens is 462 g/mol. The van der Waals surface area contributed by atoms with Crippen LogP contribution in [0.2, 0.25) is 0 Å². The number of rotatable bonds is 7. The molecule has 0 spiro atoms. The van der Waals surface area contributed by atoms with E-state index in [9.17, 15) is 24.6 Å². The van der Waals surface area contributed by atoms with Gasteiger partial charge in [-0.3, -0.25) is 19.3 Å². The van der Waals surface area contributed by atoms with Crippen LogP contribution in [-0.4, -0.2) is 41.6 Å². The highest BCUT2D eigenvalue weighted by atomic mass is 16.5. The Hall–Kier alpha value is -4.59. The zero-order valence-corrected chi connectivity index (χ0v) is 19.8. The van der Waals surface area contributed by atoms with Crippen molar-refractivity contribution >= 4 is 29.1 Å². The van der Waals surface area contributed by atoms with Crippen LogP contribution in [0.15, 0.2) is 78.4 Å². The van der Waals surface area contributed by atoms with Gasteiger partial charge in [0.2, 0.25) is 0 Å². The Morgan fingerprint density at radius 3 is 2.39 bits per heavy atom. The number of carbonyl (C=O) groups is 3. The Bertz CT molecular complexity index is 1340. The lowest BCUT2D eigenvalue weighted by Gasteiger charge is -2.25. The summed E-state index contributed by atoms with van der Waals surface area (Å²) in [5.74, 6) is -1.99. The number of anilines is 1. The number of esters is 1. The van der Waals surface area contributed by atoms with Gasteiger partial charge in [-0.2, -0.15) is 0 Å². The third kappa shape index (κ3) is 4.79. The van der Waals surface area contributed by atoms with Gasteiger partial charge in [0.1, 0.15) is 17.3 Å². The lowest BCUT2D eigenvalue weighted by molar-refractivity contribution is -0.139. The second-order valence-electron chi connectivity index (χ2n) is 8.14. The molecule has 1 fully saturated rings. The lowest BCUT2D eigenvalue weighted by atomic mass is 9.95. The number of aliphatic hydroxyl groups excluding tert-OH is 1. The van der Waals surface area contributed by atoms with Crippen molar-refractivity contribution in [2.75, 3.05) is 18.6 Å². The Labute approximate surface area is 208 Å². The molecule has 8 heteroatoms. The van der Waals surface area contributed by atoms with Crippen LogP contribution in [0.4, 0.5) is 5.69 Å². The average molecular weight is 488 g/mol. The SMILES string of the molecule is CCOc1cccc(/C(O)=C2/C(=O)C(=O)N(c3ccc(CC(=O)OC)cc3)C2c2cccc(O)c2)c1. The summed E-state index contributed by atoms with van der Waals surface area (Å²) in [7, 11) is 1.30. The minimum Gasteiger partial charge on any atom is -0.508 e. The van der Waals surface area contributed by atoms with Crippen LogP contribution in [0.25, 0.3) is 5.76 Å². The van der Waals surface area contributed by atoms with Gasteiger partial charge in [-0.15, -0.1) is 0 Å². The average Bonchev–Trinajstić information content (AvgIpc) is 3.14. The first-order chi connectivity index (χ1) is 17.3. The van der Waals surface area contributed by atoms with Crippen molar-refractivity contribution in [3.05, 3.63) is 95.1 Å². The molecule has 0 aliphatic carbocycles. The molecule has 1 amide bonds. The van der Waals surface area contributed by atoms with Crippen LogP contribution in [0.1, 0.15) is 29.7 Å². The molecule has 3 aromatic carbocycles. The fraction of sp³-hybridized carbons (Fsp3) is 0.179. The Morgan fingerprint density at radius 1 is 1.00 bits per heavy atom. The molecule has 3 aromatic rings. The predicted molar refractivity (Wildman–Crippen MR) is 133 cm³/mol. The number of hydrogen-bond acceptors (Lipinski definition) is 7. The summed E-state index contributed by atoms with van der Waals surface area (Å²) in [6, 6.07) is 18.4. The van der Waals surface area contributed by atoms with Crippen molar-refractivity contribution in [3.8, 4) is 11.5 Å². The molecule has 8 nitrogen and oxygen atoms in total. The van der Waals surface area contributed by atoms with Gasteiger partial charge in [-0.25, -0.2) is 0 Å². The quantitative estimate of drug-likeness (QED) is 0.223. The normalized spacial score (nSPS) is 16.7. The number of ketones is 1. The first-order valence-electron chi connectivity index (χ1n) is 11.3. The van der Waals surface area contributed by atoms with Crippen molar-refractivity contribution in [1.82, 2.24) is 0 Å². The van der Waals surface area contributed by atoms with Gasteiger partial charge in [-0.1, -0.05) is 36.4 Å². The van der Waals surface area contributed by atoms with Crippen LogP contribution < -0.4 is 9.64 Å². The highest BCUT2D eigenvalue weighted by Crippen LogP contribution is 2.43. The number of amides is 1. The molecule has 1 aliphatic heterocycles. The van der Waals surface area contributed by atoms with Crippen LogP contribution in [-0.2, 0) is 25.5 Å². The van der Waals surface area contributed by atoms with E-state index in [2.05, 4.69) is 0 Å². The predicted octanol–water partition coefficient (Wildman–Crippen LogP) is 4.13. The Kier molecular flexibility index (Phi) is 7.05. The largest absolute Gasteiger partial charge is 0.508 e. The maximum absolute atomic E-state index is 13.3. The number of carbonyl (C=O) groups excluding carboxylic acids is 3. The molecule has 1 heterocycles. The summed E-state index contributed by atoms with van der Waals surface area (Å²) >= 11 is 0. The molecule has 1 unspecified atom stereocenters. The molecular formula is C28H25NO7. The molecule has 2 N–H and O–H groups in total. The minimum atomic E-state index is -1.00. The molecule has 1 aliphatic rings. The number of ether oxygens (including phenoxy) is 2. The highest BCUT2D eigenvalue weighted by Gasteiger charge is 2.47. The number of aromatic hydroxyl groups is 1. The Morgan fingerprint density at radius 2 is 1.72 bits per heavy atom. The number of phenolic OH excluding ortho intramolecular Hbond substituents is 1. The number of nitrogens with zero attached hydrogens (tertiary/aromatic N) is 1. The van der Waals surface area contributed by atoms with E-state index in [1.54, 1.807) is 60.7 Å². The first kappa shape index (κ1) is 24.5. The maximum atomic E-state index is 13.3. The molecule has 0 radical (unpaired) electrons. The third-order valence-electron chi connectivity index (χ3n) is 5.84. The number of hydrogen-bond donors (Lipinski definition) is 2. The van der Waals surface area contributed by atoms with Crippen LogP contribution >= 0.6 is 0 Å². The second kappa shape index (κ2) is 10.4. The van der Waals surface area contributed by atoms with Crippen LogP contribution in [0.3, 0.4) is 0 Å². The Balaban J connectivity index is 1.84. The van der Waals surface area contributed by atoms with E-state index < -0.39 is 23.7 Å². The molecule has 1 atom stereocenters. The van der Waals surface area contributed by atoms with Gasteiger partial charge in [0.25, 0.3) is 11.7 Å². The van der Waals surface area contributed by atoms with E-state index in [-0.39, 0.29) is 23.5 Å². The smallest absolute Gasteiger partial charge is 0.309 e. The monoisotopic (exact) mass is 487 g/mol. The fourth-order valence-electron chi connectivity index (χ4n) is 4.18. The summed E-state index contributed by atoms with van der Waals surface area (Å²) in [4.78, 5) is 39.4. The molecule has 0 saturated carbocycles. The van der Waals surface area contributed by atoms with E-state index in [1.165, 1.54) is 24.1 Å². The van der Waals surface area contributed by atoms with Crippen molar-refractivity contribution in [2.24, 2.45) is 0 Å². The lowest BCUT2D eigenvalue weighted by Crippen LogP contribution is -2.29. The molecule has 184 valence electrons. The van der Waals surface area contributed by atoms with E-state index in [0.717, 1.165) is 0 Å². The molecule has 0 aromatic heterocycles. The number of benzene rings is 3. The number of aliphatic hydroxyl groups is 1. The van der Waals surface area contributed by atoms with E-state index in [1.807, 2.05) is 6.92 Å². The summed E-state index contributed by atoms with van der Waals surface area (Å²) in [5, 5.41) is 21.4. The van der Waals surface area contributed by atoms with Gasteiger partial charge in [0, 0.05) is 11.3 Å². The summed E-state index contributed by atoms with van der Waals surface area (Å²) in [5.41, 5.74) is 1.70. The summed E-state index contributed by atoms with van der Waals surface area (Å²) < 4.78 is 10.2. The van der Waals surface area contributed by atoms with Gasteiger partial charge < -0.3 is 19.7 Å². The summed E-state index contributed by atoms with van der Waals surface area (Å²) in [6.07, 6.45) is 0.0573. The van der Waals surface area contributed by atoms with Crippen molar-refractivity contribution in [1.29, 1.82) is 0 Å². The topological polar surface area (TPSA) is 113 Å². The van der Waals surface area contributed by atoms with Crippen LogP contribution in [0, 0.1) is 0 Å². The standard InChI is InChI=1S/C28H25NO7/c1-3-36-22-9-5-7-19(16-22)26(32)24-25(18-6-4-8-21(30)15-18)29(28(34)27(24)33)20-12-10-17(11-13-20)14-23(31)35-2/h4-13,15-16,25,30,32H,3,14H2,1-2H3/b26-24-. The van der Waals surface area contributed by atoms with Gasteiger partial charge in [0.15, 0.2) is 0 Å². The zero-order chi connectivity index (χ0) is 25.8. The third-order valence-corrected chi connectivity index (χ3v) is 5.84. The number of phenols is 1. The molecule has 0 bridgehead atoms. The highest BCUT2D eigenvalue weighted by molar-refractivity contribution is 6.51. The van der Waals surface area contributed by atoms with E-state index in [4.69, 9.17) is 9.47 Å². The van der Waals surface area contributed by atoms with Crippen molar-refractivity contribution < 1.29 is 34.1 Å².